The van der Waals surface area contributed by atoms with Crippen LogP contribution in [0.5, 0.6) is 5.75 Å². The van der Waals surface area contributed by atoms with Crippen LogP contribution in [0.25, 0.3) is 0 Å². The first kappa shape index (κ1) is 10.7. The van der Waals surface area contributed by atoms with Gasteiger partial charge in [0.25, 0.3) is 0 Å². The minimum Gasteiger partial charge on any atom is -0.465 e. The molecule has 0 aliphatic rings. The van der Waals surface area contributed by atoms with Crippen molar-refractivity contribution in [2.45, 2.75) is 13.8 Å². The predicted molar refractivity (Wildman–Crippen MR) is 51.7 cm³/mol. The fraction of sp³-hybridized carbons (Fsp3) is 0.333. The van der Waals surface area contributed by atoms with Gasteiger partial charge in [-0.15, -0.1) is 11.3 Å². The Morgan fingerprint density at radius 1 is 1.43 bits per heavy atom. The first-order valence-corrected chi connectivity index (χ1v) is 4.79. The molecule has 0 bridgehead atoms. The van der Waals surface area contributed by atoms with E-state index in [0.717, 1.165) is 4.88 Å². The molecule has 0 saturated heterocycles. The molecule has 1 rings (SSSR count). The van der Waals surface area contributed by atoms with E-state index in [1.165, 1.54) is 25.4 Å². The summed E-state index contributed by atoms with van der Waals surface area (Å²) in [6.07, 6.45) is 0. The fourth-order valence-corrected chi connectivity index (χ4v) is 1.72. The van der Waals surface area contributed by atoms with E-state index in [0.29, 0.717) is 11.3 Å². The SMILES string of the molecule is COC(=O)c1csc(C)c1OC(C)=O. The Labute approximate surface area is 85.4 Å². The van der Waals surface area contributed by atoms with Crippen molar-refractivity contribution in [1.29, 1.82) is 0 Å². The molecule has 0 aliphatic carbocycles. The number of aryl methyl sites for hydroxylation is 1. The first-order chi connectivity index (χ1) is 6.56. The second-order valence-corrected chi connectivity index (χ2v) is 3.70. The Bertz CT molecular complexity index is 367. The summed E-state index contributed by atoms with van der Waals surface area (Å²) in [5, 5.41) is 1.61. The summed E-state index contributed by atoms with van der Waals surface area (Å²) in [7, 11) is 1.28. The molecular formula is C9H10O4S. The van der Waals surface area contributed by atoms with E-state index in [1.807, 2.05) is 0 Å². The summed E-state index contributed by atoms with van der Waals surface area (Å²) in [6.45, 7) is 3.06. The number of ether oxygens (including phenoxy) is 2. The number of rotatable bonds is 2. The van der Waals surface area contributed by atoms with Gasteiger partial charge in [0.2, 0.25) is 0 Å². The Hall–Kier alpha value is -1.36. The van der Waals surface area contributed by atoms with Gasteiger partial charge in [0.05, 0.1) is 7.11 Å². The van der Waals surface area contributed by atoms with Crippen LogP contribution in [0.1, 0.15) is 22.2 Å². The number of hydrogen-bond acceptors (Lipinski definition) is 5. The lowest BCUT2D eigenvalue weighted by Crippen LogP contribution is -2.07. The van der Waals surface area contributed by atoms with Gasteiger partial charge in [-0.25, -0.2) is 4.79 Å². The Balaban J connectivity index is 3.05. The summed E-state index contributed by atoms with van der Waals surface area (Å²) in [4.78, 5) is 22.8. The van der Waals surface area contributed by atoms with E-state index in [1.54, 1.807) is 12.3 Å². The summed E-state index contributed by atoms with van der Waals surface area (Å²) in [5.41, 5.74) is 0.296. The highest BCUT2D eigenvalue weighted by atomic mass is 32.1. The van der Waals surface area contributed by atoms with E-state index >= 15 is 0 Å². The highest BCUT2D eigenvalue weighted by molar-refractivity contribution is 7.10. The third kappa shape index (κ3) is 2.11. The van der Waals surface area contributed by atoms with Crippen molar-refractivity contribution in [2.75, 3.05) is 7.11 Å². The maximum Gasteiger partial charge on any atom is 0.342 e. The molecule has 0 radical (unpaired) electrons. The largest absolute Gasteiger partial charge is 0.465 e. The average molecular weight is 214 g/mol. The highest BCUT2D eigenvalue weighted by Crippen LogP contribution is 2.30. The van der Waals surface area contributed by atoms with Crippen LogP contribution in [-0.4, -0.2) is 19.0 Å². The Kier molecular flexibility index (Phi) is 3.24. The van der Waals surface area contributed by atoms with E-state index in [9.17, 15) is 9.59 Å². The zero-order chi connectivity index (χ0) is 10.7. The standard InChI is InChI=1S/C9H10O4S/c1-5-8(13-6(2)10)7(4-14-5)9(11)12-3/h4H,1-3H3. The molecule has 5 heteroatoms. The molecule has 0 saturated carbocycles. The second-order valence-electron chi connectivity index (χ2n) is 2.62. The van der Waals surface area contributed by atoms with E-state index in [2.05, 4.69) is 4.74 Å². The van der Waals surface area contributed by atoms with Crippen molar-refractivity contribution >= 4 is 23.3 Å². The third-order valence-corrected chi connectivity index (χ3v) is 2.46. The van der Waals surface area contributed by atoms with Gasteiger partial charge in [0.15, 0.2) is 5.75 Å². The Morgan fingerprint density at radius 3 is 2.57 bits per heavy atom. The van der Waals surface area contributed by atoms with Gasteiger partial charge in [-0.3, -0.25) is 4.79 Å². The van der Waals surface area contributed by atoms with E-state index in [-0.39, 0.29) is 0 Å². The van der Waals surface area contributed by atoms with Crippen LogP contribution in [-0.2, 0) is 9.53 Å². The molecule has 0 fully saturated rings. The quantitative estimate of drug-likeness (QED) is 0.704. The minimum atomic E-state index is -0.495. The maximum atomic E-state index is 11.2. The number of esters is 2. The number of hydrogen-bond donors (Lipinski definition) is 0. The molecule has 0 unspecified atom stereocenters. The van der Waals surface area contributed by atoms with Crippen LogP contribution in [0, 0.1) is 6.92 Å². The molecule has 0 atom stereocenters. The van der Waals surface area contributed by atoms with Gasteiger partial charge >= 0.3 is 11.9 Å². The zero-order valence-corrected chi connectivity index (χ0v) is 8.94. The molecule has 14 heavy (non-hydrogen) atoms. The molecule has 1 aromatic rings. The molecule has 1 aromatic heterocycles. The lowest BCUT2D eigenvalue weighted by atomic mass is 10.3. The fourth-order valence-electron chi connectivity index (χ4n) is 0.965. The van der Waals surface area contributed by atoms with Crippen LogP contribution in [0.3, 0.4) is 0 Å². The lowest BCUT2D eigenvalue weighted by molar-refractivity contribution is -0.131. The summed E-state index contributed by atoms with van der Waals surface area (Å²) < 4.78 is 9.46. The van der Waals surface area contributed by atoms with Crippen LogP contribution < -0.4 is 4.74 Å². The van der Waals surface area contributed by atoms with Gasteiger partial charge in [0, 0.05) is 17.2 Å². The summed E-state index contributed by atoms with van der Waals surface area (Å²) in [6, 6.07) is 0. The van der Waals surface area contributed by atoms with Gasteiger partial charge in [-0.05, 0) is 6.92 Å². The van der Waals surface area contributed by atoms with Crippen molar-refractivity contribution in [3.8, 4) is 5.75 Å². The van der Waals surface area contributed by atoms with Crippen molar-refractivity contribution in [2.24, 2.45) is 0 Å². The molecule has 76 valence electrons. The van der Waals surface area contributed by atoms with Crippen molar-refractivity contribution in [1.82, 2.24) is 0 Å². The van der Waals surface area contributed by atoms with Gasteiger partial charge in [0.1, 0.15) is 5.56 Å². The molecule has 4 nitrogen and oxygen atoms in total. The normalized spacial score (nSPS) is 9.64. The molecule has 0 aromatic carbocycles. The number of carbonyl (C=O) groups excluding carboxylic acids is 2. The summed E-state index contributed by atoms with van der Waals surface area (Å²) in [5.74, 6) is -0.642. The van der Waals surface area contributed by atoms with Gasteiger partial charge in [-0.2, -0.15) is 0 Å². The molecule has 0 N–H and O–H groups in total. The number of thiophene rings is 1. The number of carbonyl (C=O) groups is 2. The second kappa shape index (κ2) is 4.23. The van der Waals surface area contributed by atoms with Gasteiger partial charge < -0.3 is 9.47 Å². The van der Waals surface area contributed by atoms with E-state index < -0.39 is 11.9 Å². The van der Waals surface area contributed by atoms with E-state index in [4.69, 9.17) is 4.74 Å². The highest BCUT2D eigenvalue weighted by Gasteiger charge is 2.18. The molecule has 0 aliphatic heterocycles. The van der Waals surface area contributed by atoms with Crippen LogP contribution in [0.2, 0.25) is 0 Å². The topological polar surface area (TPSA) is 52.6 Å². The molecule has 0 amide bonds. The maximum absolute atomic E-state index is 11.2. The molecule has 0 spiro atoms. The zero-order valence-electron chi connectivity index (χ0n) is 8.12. The molecule has 1 heterocycles. The minimum absolute atomic E-state index is 0.296. The van der Waals surface area contributed by atoms with Gasteiger partial charge in [-0.1, -0.05) is 0 Å². The lowest BCUT2D eigenvalue weighted by Gasteiger charge is -2.02. The average Bonchev–Trinajstić information content (AvgIpc) is 2.46. The van der Waals surface area contributed by atoms with Crippen LogP contribution in [0.15, 0.2) is 5.38 Å². The van der Waals surface area contributed by atoms with Crippen LogP contribution >= 0.6 is 11.3 Å². The first-order valence-electron chi connectivity index (χ1n) is 3.91. The monoisotopic (exact) mass is 214 g/mol. The predicted octanol–water partition coefficient (Wildman–Crippen LogP) is 1.77. The smallest absolute Gasteiger partial charge is 0.342 e. The molecular weight excluding hydrogens is 204 g/mol. The third-order valence-electron chi connectivity index (χ3n) is 1.57. The van der Waals surface area contributed by atoms with Crippen molar-refractivity contribution in [3.63, 3.8) is 0 Å². The Morgan fingerprint density at radius 2 is 2.07 bits per heavy atom. The van der Waals surface area contributed by atoms with Crippen molar-refractivity contribution < 1.29 is 19.1 Å². The van der Waals surface area contributed by atoms with Crippen LogP contribution in [0.4, 0.5) is 0 Å². The summed E-state index contributed by atoms with van der Waals surface area (Å²) >= 11 is 1.34. The number of methoxy groups -OCH3 is 1. The van der Waals surface area contributed by atoms with Crippen molar-refractivity contribution in [3.05, 3.63) is 15.8 Å².